The van der Waals surface area contributed by atoms with Crippen LogP contribution >= 0.6 is 11.6 Å². The number of fused-ring (bicyclic) bond motifs is 1. The molecule has 2 aromatic rings. The molecular formula is C14H15ClN4. The maximum Gasteiger partial charge on any atom is 0.178 e. The van der Waals surface area contributed by atoms with Crippen molar-refractivity contribution in [1.82, 2.24) is 20.3 Å². The molecule has 0 aliphatic carbocycles. The average molecular weight is 275 g/mol. The molecule has 1 N–H and O–H groups in total. The third kappa shape index (κ3) is 2.46. The van der Waals surface area contributed by atoms with Crippen LogP contribution in [0.4, 0.5) is 0 Å². The van der Waals surface area contributed by atoms with Crippen molar-refractivity contribution in [2.45, 2.75) is 26.3 Å². The molecule has 98 valence electrons. The molecule has 0 fully saturated rings. The van der Waals surface area contributed by atoms with Crippen LogP contribution in [0.25, 0.3) is 11.5 Å². The Hall–Kier alpha value is -1.52. The van der Waals surface area contributed by atoms with Gasteiger partial charge in [-0.2, -0.15) is 0 Å². The highest BCUT2D eigenvalue weighted by Crippen LogP contribution is 2.21. The van der Waals surface area contributed by atoms with Crippen molar-refractivity contribution in [2.75, 3.05) is 6.54 Å². The van der Waals surface area contributed by atoms with E-state index in [-0.39, 0.29) is 0 Å². The number of hydrogen-bond acceptors (Lipinski definition) is 4. The lowest BCUT2D eigenvalue weighted by molar-refractivity contribution is 0.618. The van der Waals surface area contributed by atoms with Crippen molar-refractivity contribution in [2.24, 2.45) is 0 Å². The molecule has 3 rings (SSSR count). The topological polar surface area (TPSA) is 50.7 Å². The molecule has 3 heterocycles. The molecule has 2 aromatic heterocycles. The van der Waals surface area contributed by atoms with E-state index in [0.717, 1.165) is 43.0 Å². The van der Waals surface area contributed by atoms with Gasteiger partial charge in [0.05, 0.1) is 10.7 Å². The number of rotatable bonds is 2. The maximum absolute atomic E-state index is 5.86. The van der Waals surface area contributed by atoms with E-state index in [4.69, 9.17) is 11.6 Å². The highest BCUT2D eigenvalue weighted by molar-refractivity contribution is 6.30. The van der Waals surface area contributed by atoms with E-state index in [1.54, 1.807) is 6.20 Å². The minimum absolute atomic E-state index is 0.627. The lowest BCUT2D eigenvalue weighted by Crippen LogP contribution is -2.26. The van der Waals surface area contributed by atoms with Gasteiger partial charge in [0, 0.05) is 37.0 Å². The number of halogens is 1. The Kier molecular flexibility index (Phi) is 3.44. The first-order valence-electron chi connectivity index (χ1n) is 6.49. The first kappa shape index (κ1) is 12.5. The molecule has 1 aliphatic rings. The summed E-state index contributed by atoms with van der Waals surface area (Å²) in [5.41, 5.74) is 4.30. The van der Waals surface area contributed by atoms with E-state index in [1.165, 1.54) is 5.56 Å². The predicted molar refractivity (Wildman–Crippen MR) is 75.1 cm³/mol. The Bertz CT molecular complexity index is 578. The van der Waals surface area contributed by atoms with E-state index in [0.29, 0.717) is 10.8 Å². The number of aromatic nitrogens is 3. The first-order valence-corrected chi connectivity index (χ1v) is 6.87. The van der Waals surface area contributed by atoms with Crippen LogP contribution in [0.1, 0.15) is 23.9 Å². The monoisotopic (exact) mass is 274 g/mol. The molecule has 0 amide bonds. The summed E-state index contributed by atoms with van der Waals surface area (Å²) in [5.74, 6) is 0.703. The molecule has 0 saturated carbocycles. The molecule has 0 saturated heterocycles. The second-order valence-electron chi connectivity index (χ2n) is 4.56. The van der Waals surface area contributed by atoms with E-state index in [9.17, 15) is 0 Å². The van der Waals surface area contributed by atoms with Gasteiger partial charge >= 0.3 is 0 Å². The fourth-order valence-electron chi connectivity index (χ4n) is 2.33. The molecule has 5 heteroatoms. The van der Waals surface area contributed by atoms with Gasteiger partial charge in [0.1, 0.15) is 5.69 Å². The number of nitrogens with zero attached hydrogens (tertiary/aromatic N) is 3. The predicted octanol–water partition coefficient (Wildman–Crippen LogP) is 2.40. The van der Waals surface area contributed by atoms with E-state index in [2.05, 4.69) is 27.2 Å². The van der Waals surface area contributed by atoms with Crippen LogP contribution in [0.15, 0.2) is 18.3 Å². The molecule has 0 atom stereocenters. The number of pyridine rings is 1. The van der Waals surface area contributed by atoms with Crippen molar-refractivity contribution < 1.29 is 0 Å². The van der Waals surface area contributed by atoms with Gasteiger partial charge in [-0.05, 0) is 18.6 Å². The van der Waals surface area contributed by atoms with Crippen LogP contribution in [0, 0.1) is 0 Å². The molecular weight excluding hydrogens is 260 g/mol. The maximum atomic E-state index is 5.86. The van der Waals surface area contributed by atoms with Crippen LogP contribution < -0.4 is 5.32 Å². The van der Waals surface area contributed by atoms with Crippen LogP contribution in [0.2, 0.25) is 5.02 Å². The Morgan fingerprint density at radius 3 is 2.95 bits per heavy atom. The summed E-state index contributed by atoms with van der Waals surface area (Å²) in [5, 5.41) is 4.00. The standard InChI is InChI=1S/C14H15ClN4/c1-2-11-10-8-16-6-5-12(10)19-14(18-11)13-4-3-9(15)7-17-13/h3-4,7,16H,2,5-6,8H2,1H3. The molecule has 0 bridgehead atoms. The highest BCUT2D eigenvalue weighted by Gasteiger charge is 2.17. The van der Waals surface area contributed by atoms with Crippen molar-refractivity contribution in [3.8, 4) is 11.5 Å². The van der Waals surface area contributed by atoms with Crippen LogP contribution in [-0.2, 0) is 19.4 Å². The van der Waals surface area contributed by atoms with Crippen molar-refractivity contribution >= 4 is 11.6 Å². The van der Waals surface area contributed by atoms with Gasteiger partial charge in [-0.3, -0.25) is 4.98 Å². The summed E-state index contributed by atoms with van der Waals surface area (Å²) in [6, 6.07) is 3.68. The van der Waals surface area contributed by atoms with Crippen LogP contribution in [0.3, 0.4) is 0 Å². The van der Waals surface area contributed by atoms with Gasteiger partial charge in [0.15, 0.2) is 5.82 Å². The average Bonchev–Trinajstić information content (AvgIpc) is 2.47. The molecule has 1 aliphatic heterocycles. The summed E-state index contributed by atoms with van der Waals surface area (Å²) < 4.78 is 0. The van der Waals surface area contributed by atoms with E-state index in [1.807, 2.05) is 12.1 Å². The minimum atomic E-state index is 0.627. The van der Waals surface area contributed by atoms with E-state index < -0.39 is 0 Å². The van der Waals surface area contributed by atoms with E-state index >= 15 is 0 Å². The summed E-state index contributed by atoms with van der Waals surface area (Å²) in [7, 11) is 0. The Balaban J connectivity index is 2.09. The second kappa shape index (κ2) is 5.23. The molecule has 0 radical (unpaired) electrons. The zero-order chi connectivity index (χ0) is 13.2. The number of aryl methyl sites for hydroxylation is 1. The molecule has 4 nitrogen and oxygen atoms in total. The largest absolute Gasteiger partial charge is 0.312 e. The fraction of sp³-hybridized carbons (Fsp3) is 0.357. The normalized spacial score (nSPS) is 14.2. The lowest BCUT2D eigenvalue weighted by Gasteiger charge is -2.19. The third-order valence-corrected chi connectivity index (χ3v) is 3.53. The minimum Gasteiger partial charge on any atom is -0.312 e. The molecule has 0 spiro atoms. The zero-order valence-corrected chi connectivity index (χ0v) is 11.5. The quantitative estimate of drug-likeness (QED) is 0.914. The van der Waals surface area contributed by atoms with Crippen LogP contribution in [-0.4, -0.2) is 21.5 Å². The SMILES string of the molecule is CCc1nc(-c2ccc(Cl)cn2)nc2c1CNCC2. The van der Waals surface area contributed by atoms with Gasteiger partial charge in [0.25, 0.3) is 0 Å². The molecule has 0 aromatic carbocycles. The van der Waals surface area contributed by atoms with Crippen molar-refractivity contribution in [1.29, 1.82) is 0 Å². The summed E-state index contributed by atoms with van der Waals surface area (Å²) in [4.78, 5) is 13.6. The number of hydrogen-bond donors (Lipinski definition) is 1. The summed E-state index contributed by atoms with van der Waals surface area (Å²) in [6.07, 6.45) is 3.49. The summed E-state index contributed by atoms with van der Waals surface area (Å²) in [6.45, 7) is 3.96. The zero-order valence-electron chi connectivity index (χ0n) is 10.8. The second-order valence-corrected chi connectivity index (χ2v) is 5.00. The smallest absolute Gasteiger partial charge is 0.178 e. The van der Waals surface area contributed by atoms with Crippen LogP contribution in [0.5, 0.6) is 0 Å². The Morgan fingerprint density at radius 2 is 2.21 bits per heavy atom. The molecule has 19 heavy (non-hydrogen) atoms. The fourth-order valence-corrected chi connectivity index (χ4v) is 2.44. The number of nitrogens with one attached hydrogen (secondary N) is 1. The van der Waals surface area contributed by atoms with Gasteiger partial charge in [0.2, 0.25) is 0 Å². The first-order chi connectivity index (χ1) is 9.28. The van der Waals surface area contributed by atoms with Gasteiger partial charge < -0.3 is 5.32 Å². The van der Waals surface area contributed by atoms with Crippen molar-refractivity contribution in [3.63, 3.8) is 0 Å². The highest BCUT2D eigenvalue weighted by atomic mass is 35.5. The van der Waals surface area contributed by atoms with Gasteiger partial charge in [-0.1, -0.05) is 18.5 Å². The Labute approximate surface area is 117 Å². The third-order valence-electron chi connectivity index (χ3n) is 3.31. The summed E-state index contributed by atoms with van der Waals surface area (Å²) >= 11 is 5.86. The van der Waals surface area contributed by atoms with Crippen molar-refractivity contribution in [3.05, 3.63) is 40.3 Å². The lowest BCUT2D eigenvalue weighted by atomic mass is 10.0. The van der Waals surface area contributed by atoms with Gasteiger partial charge in [-0.25, -0.2) is 9.97 Å². The van der Waals surface area contributed by atoms with Gasteiger partial charge in [-0.15, -0.1) is 0 Å². The molecule has 0 unspecified atom stereocenters. The Morgan fingerprint density at radius 1 is 1.32 bits per heavy atom.